The predicted octanol–water partition coefficient (Wildman–Crippen LogP) is 4.30. The van der Waals surface area contributed by atoms with Crippen molar-refractivity contribution in [2.45, 2.75) is 24.9 Å². The van der Waals surface area contributed by atoms with Crippen LogP contribution in [0.15, 0.2) is 48.7 Å². The summed E-state index contributed by atoms with van der Waals surface area (Å²) in [5.41, 5.74) is 2.22. The Bertz CT molecular complexity index is 919. The van der Waals surface area contributed by atoms with Gasteiger partial charge in [-0.3, -0.25) is 4.79 Å². The van der Waals surface area contributed by atoms with Gasteiger partial charge >= 0.3 is 0 Å². The Balaban J connectivity index is 1.36. The zero-order chi connectivity index (χ0) is 20.2. The largest absolute Gasteiger partial charge is 0.344 e. The molecule has 3 aromatic rings. The molecule has 1 aromatic carbocycles. The topological polar surface area (TPSA) is 49.3 Å². The van der Waals surface area contributed by atoms with E-state index in [9.17, 15) is 4.79 Å². The van der Waals surface area contributed by atoms with Crippen molar-refractivity contribution in [3.8, 4) is 0 Å². The van der Waals surface area contributed by atoms with Gasteiger partial charge in [-0.2, -0.15) is 0 Å². The van der Waals surface area contributed by atoms with Crippen molar-refractivity contribution in [1.29, 1.82) is 0 Å². The van der Waals surface area contributed by atoms with Crippen molar-refractivity contribution in [2.75, 3.05) is 31.1 Å². The Kier molecular flexibility index (Phi) is 6.35. The molecule has 0 bridgehead atoms. The molecule has 4 rings (SSSR count). The van der Waals surface area contributed by atoms with Gasteiger partial charge in [-0.1, -0.05) is 55.5 Å². The number of carbonyl (C=O) groups is 1. The van der Waals surface area contributed by atoms with Crippen LogP contribution in [0.1, 0.15) is 19.4 Å². The summed E-state index contributed by atoms with van der Waals surface area (Å²) < 4.78 is 0. The summed E-state index contributed by atoms with van der Waals surface area (Å²) in [6.45, 7) is 7.42. The summed E-state index contributed by atoms with van der Waals surface area (Å²) in [5, 5.41) is 0.998. The number of amides is 1. The second-order valence-electron chi connectivity index (χ2n) is 7.60. The summed E-state index contributed by atoms with van der Waals surface area (Å²) in [5.74, 6) is 1.45. The SMILES string of the molecule is CC(C)C(SCc1ccccc1)C(=O)N1CCN(c2nc3cccnc3s2)CC1. The molecule has 7 heteroatoms. The van der Waals surface area contributed by atoms with Gasteiger partial charge in [0.25, 0.3) is 0 Å². The summed E-state index contributed by atoms with van der Waals surface area (Å²) in [6, 6.07) is 14.3. The van der Waals surface area contributed by atoms with E-state index in [1.54, 1.807) is 29.3 Å². The van der Waals surface area contributed by atoms with Crippen molar-refractivity contribution < 1.29 is 4.79 Å². The molecule has 1 amide bonds. The minimum atomic E-state index is -0.00610. The lowest BCUT2D eigenvalue weighted by atomic mass is 10.1. The number of rotatable bonds is 6. The molecule has 1 aliphatic rings. The van der Waals surface area contributed by atoms with E-state index in [0.717, 1.165) is 47.4 Å². The molecule has 1 fully saturated rings. The van der Waals surface area contributed by atoms with Gasteiger partial charge in [0.2, 0.25) is 5.91 Å². The van der Waals surface area contributed by atoms with E-state index in [0.29, 0.717) is 5.92 Å². The molecule has 0 spiro atoms. The number of aromatic nitrogens is 2. The first-order valence-electron chi connectivity index (χ1n) is 10.0. The molecule has 0 aliphatic carbocycles. The van der Waals surface area contributed by atoms with Crippen molar-refractivity contribution >= 4 is 44.5 Å². The van der Waals surface area contributed by atoms with E-state index in [2.05, 4.69) is 48.0 Å². The molecule has 3 heterocycles. The normalized spacial score (nSPS) is 15.8. The van der Waals surface area contributed by atoms with E-state index in [4.69, 9.17) is 4.98 Å². The fourth-order valence-corrected chi connectivity index (χ4v) is 5.70. The van der Waals surface area contributed by atoms with Gasteiger partial charge in [0.15, 0.2) is 5.13 Å². The van der Waals surface area contributed by atoms with Gasteiger partial charge in [0.1, 0.15) is 10.3 Å². The van der Waals surface area contributed by atoms with Crippen LogP contribution in [0, 0.1) is 5.92 Å². The monoisotopic (exact) mass is 426 g/mol. The Morgan fingerprint density at radius 2 is 1.86 bits per heavy atom. The minimum absolute atomic E-state index is 0.00610. The number of pyridine rings is 1. The molecule has 1 atom stereocenters. The van der Waals surface area contributed by atoms with E-state index in [1.165, 1.54) is 5.56 Å². The first-order valence-corrected chi connectivity index (χ1v) is 11.9. The molecule has 152 valence electrons. The zero-order valence-corrected chi connectivity index (χ0v) is 18.5. The number of fused-ring (bicyclic) bond motifs is 1. The number of carbonyl (C=O) groups excluding carboxylic acids is 1. The second-order valence-corrected chi connectivity index (χ2v) is 9.68. The highest BCUT2D eigenvalue weighted by Gasteiger charge is 2.30. The van der Waals surface area contributed by atoms with Gasteiger partial charge in [-0.05, 0) is 23.6 Å². The lowest BCUT2D eigenvalue weighted by Crippen LogP contribution is -2.51. The Morgan fingerprint density at radius 3 is 2.55 bits per heavy atom. The van der Waals surface area contributed by atoms with Gasteiger partial charge in [-0.25, -0.2) is 9.97 Å². The van der Waals surface area contributed by atoms with Crippen LogP contribution in [-0.2, 0) is 10.5 Å². The number of nitrogens with zero attached hydrogens (tertiary/aromatic N) is 4. The molecule has 2 aromatic heterocycles. The molecule has 1 saturated heterocycles. The quantitative estimate of drug-likeness (QED) is 0.588. The van der Waals surface area contributed by atoms with Crippen LogP contribution >= 0.6 is 23.1 Å². The minimum Gasteiger partial charge on any atom is -0.344 e. The van der Waals surface area contributed by atoms with E-state index >= 15 is 0 Å². The maximum atomic E-state index is 13.2. The summed E-state index contributed by atoms with van der Waals surface area (Å²) >= 11 is 3.39. The number of thiazole rings is 1. The Morgan fingerprint density at radius 1 is 1.10 bits per heavy atom. The third-order valence-electron chi connectivity index (χ3n) is 5.14. The first-order chi connectivity index (χ1) is 14.1. The van der Waals surface area contributed by atoms with Crippen LogP contribution in [0.4, 0.5) is 5.13 Å². The Labute approximate surface area is 180 Å². The van der Waals surface area contributed by atoms with Crippen molar-refractivity contribution in [1.82, 2.24) is 14.9 Å². The highest BCUT2D eigenvalue weighted by molar-refractivity contribution is 7.99. The maximum absolute atomic E-state index is 13.2. The molecule has 1 unspecified atom stereocenters. The van der Waals surface area contributed by atoms with Gasteiger partial charge in [0.05, 0.1) is 5.25 Å². The number of piperazine rings is 1. The smallest absolute Gasteiger partial charge is 0.236 e. The summed E-state index contributed by atoms with van der Waals surface area (Å²) in [4.78, 5) is 27.6. The highest BCUT2D eigenvalue weighted by atomic mass is 32.2. The lowest BCUT2D eigenvalue weighted by Gasteiger charge is -2.37. The van der Waals surface area contributed by atoms with Gasteiger partial charge < -0.3 is 9.80 Å². The summed E-state index contributed by atoms with van der Waals surface area (Å²) in [6.07, 6.45) is 1.81. The average molecular weight is 427 g/mol. The molecule has 0 N–H and O–H groups in total. The number of hydrogen-bond donors (Lipinski definition) is 0. The van der Waals surface area contributed by atoms with E-state index < -0.39 is 0 Å². The van der Waals surface area contributed by atoms with Crippen molar-refractivity contribution in [2.24, 2.45) is 5.92 Å². The molecular weight excluding hydrogens is 400 g/mol. The molecule has 29 heavy (non-hydrogen) atoms. The fraction of sp³-hybridized carbons (Fsp3) is 0.409. The second kappa shape index (κ2) is 9.13. The van der Waals surface area contributed by atoms with Crippen LogP contribution in [-0.4, -0.2) is 52.2 Å². The maximum Gasteiger partial charge on any atom is 0.236 e. The van der Waals surface area contributed by atoms with Crippen LogP contribution in [0.3, 0.4) is 0 Å². The van der Waals surface area contributed by atoms with Crippen LogP contribution < -0.4 is 4.90 Å². The molecule has 1 aliphatic heterocycles. The number of benzene rings is 1. The molecule has 5 nitrogen and oxygen atoms in total. The van der Waals surface area contributed by atoms with Crippen molar-refractivity contribution in [3.05, 3.63) is 54.2 Å². The number of hydrogen-bond acceptors (Lipinski definition) is 6. The third kappa shape index (κ3) is 4.73. The number of anilines is 1. The van der Waals surface area contributed by atoms with E-state index in [1.807, 2.05) is 23.1 Å². The zero-order valence-electron chi connectivity index (χ0n) is 16.8. The van der Waals surface area contributed by atoms with Crippen LogP contribution in [0.2, 0.25) is 0 Å². The fourth-order valence-electron chi connectivity index (χ4n) is 3.50. The Hall–Kier alpha value is -2.12. The average Bonchev–Trinajstić information content (AvgIpc) is 3.19. The summed E-state index contributed by atoms with van der Waals surface area (Å²) in [7, 11) is 0. The highest BCUT2D eigenvalue weighted by Crippen LogP contribution is 2.29. The van der Waals surface area contributed by atoms with Gasteiger partial charge in [0, 0.05) is 38.1 Å². The predicted molar refractivity (Wildman–Crippen MR) is 123 cm³/mol. The van der Waals surface area contributed by atoms with E-state index in [-0.39, 0.29) is 11.2 Å². The molecular formula is C22H26N4OS2. The standard InChI is InChI=1S/C22H26N4OS2/c1-16(2)19(28-15-17-7-4-3-5-8-17)21(27)25-11-13-26(14-12-25)22-24-18-9-6-10-23-20(18)29-22/h3-10,16,19H,11-15H2,1-2H3. The van der Waals surface area contributed by atoms with Crippen molar-refractivity contribution in [3.63, 3.8) is 0 Å². The first kappa shape index (κ1) is 20.2. The van der Waals surface area contributed by atoms with Gasteiger partial charge in [-0.15, -0.1) is 11.8 Å². The molecule has 0 radical (unpaired) electrons. The molecule has 0 saturated carbocycles. The van der Waals surface area contributed by atoms with Crippen LogP contribution in [0.25, 0.3) is 10.3 Å². The van der Waals surface area contributed by atoms with Crippen LogP contribution in [0.5, 0.6) is 0 Å². The third-order valence-corrected chi connectivity index (χ3v) is 7.78. The number of thioether (sulfide) groups is 1. The lowest BCUT2D eigenvalue weighted by molar-refractivity contribution is -0.131.